The molecule has 176 valence electrons. The van der Waals surface area contributed by atoms with E-state index in [9.17, 15) is 14.4 Å². The van der Waals surface area contributed by atoms with Gasteiger partial charge in [-0.25, -0.2) is 19.6 Å². The summed E-state index contributed by atoms with van der Waals surface area (Å²) < 4.78 is 10.5. The van der Waals surface area contributed by atoms with Crippen molar-refractivity contribution in [2.45, 2.75) is 12.5 Å². The molecule has 1 aliphatic rings. The molecule has 0 saturated heterocycles. The van der Waals surface area contributed by atoms with E-state index in [1.54, 1.807) is 0 Å². The number of rotatable bonds is 7. The number of aromatic carboxylic acids is 1. The summed E-state index contributed by atoms with van der Waals surface area (Å²) in [6.07, 6.45) is 1.62. The van der Waals surface area contributed by atoms with E-state index in [-0.39, 0.29) is 40.5 Å². The summed E-state index contributed by atoms with van der Waals surface area (Å²) in [7, 11) is 0. The van der Waals surface area contributed by atoms with Crippen LogP contribution in [0.4, 0.5) is 9.93 Å². The minimum absolute atomic E-state index is 0.0207. The fourth-order valence-electron chi connectivity index (χ4n) is 3.98. The van der Waals surface area contributed by atoms with Crippen LogP contribution in [0, 0.1) is 0 Å². The van der Waals surface area contributed by atoms with E-state index in [1.807, 2.05) is 36.4 Å². The van der Waals surface area contributed by atoms with Crippen molar-refractivity contribution in [2.24, 2.45) is 0 Å². The molecule has 4 aromatic rings. The number of thiazole rings is 1. The molecule has 0 aliphatic heterocycles. The molecule has 0 bridgehead atoms. The van der Waals surface area contributed by atoms with Crippen LogP contribution in [0.25, 0.3) is 11.1 Å². The molecule has 1 aliphatic carbocycles. The van der Waals surface area contributed by atoms with Crippen molar-refractivity contribution < 1.29 is 28.6 Å². The first-order valence-electron chi connectivity index (χ1n) is 10.5. The van der Waals surface area contributed by atoms with E-state index in [2.05, 4.69) is 32.7 Å². The second-order valence-electron chi connectivity index (χ2n) is 7.59. The highest BCUT2D eigenvalue weighted by molar-refractivity contribution is 7.17. The zero-order valence-corrected chi connectivity index (χ0v) is 18.9. The molecule has 2 aromatic heterocycles. The molecule has 0 unspecified atom stereocenters. The second kappa shape index (κ2) is 9.39. The normalized spacial score (nSPS) is 12.0. The SMILES string of the molecule is O=C(Nc1ncc(C(=O)NCc2ocnc2C(=O)O)s1)OCC1c2ccccc2-c2ccccc21. The zero-order chi connectivity index (χ0) is 24.4. The van der Waals surface area contributed by atoms with E-state index in [0.717, 1.165) is 40.0 Å². The van der Waals surface area contributed by atoms with Crippen LogP contribution in [0.5, 0.6) is 0 Å². The number of anilines is 1. The van der Waals surface area contributed by atoms with E-state index in [1.165, 1.54) is 6.20 Å². The van der Waals surface area contributed by atoms with Crippen molar-refractivity contribution in [1.82, 2.24) is 15.3 Å². The van der Waals surface area contributed by atoms with Gasteiger partial charge in [-0.2, -0.15) is 0 Å². The Morgan fingerprint density at radius 2 is 1.71 bits per heavy atom. The second-order valence-corrected chi connectivity index (χ2v) is 8.62. The van der Waals surface area contributed by atoms with Crippen LogP contribution in [0.3, 0.4) is 0 Å². The van der Waals surface area contributed by atoms with E-state index < -0.39 is 18.0 Å². The maximum Gasteiger partial charge on any atom is 0.413 e. The van der Waals surface area contributed by atoms with E-state index in [4.69, 9.17) is 14.3 Å². The first-order valence-corrected chi connectivity index (χ1v) is 11.3. The van der Waals surface area contributed by atoms with E-state index >= 15 is 0 Å². The maximum absolute atomic E-state index is 12.4. The number of oxazole rings is 1. The number of fused-ring (bicyclic) bond motifs is 3. The third-order valence-electron chi connectivity index (χ3n) is 5.54. The molecule has 11 heteroatoms. The number of hydrogen-bond donors (Lipinski definition) is 3. The molecular formula is C24H18N4O6S. The summed E-state index contributed by atoms with van der Waals surface area (Å²) in [6.45, 7) is -0.00478. The quantitative estimate of drug-likeness (QED) is 0.351. The fraction of sp³-hybridized carbons (Fsp3) is 0.125. The molecule has 0 saturated carbocycles. The van der Waals surface area contributed by atoms with Crippen LogP contribution in [-0.2, 0) is 11.3 Å². The Morgan fingerprint density at radius 3 is 2.40 bits per heavy atom. The molecule has 0 atom stereocenters. The third kappa shape index (κ3) is 4.49. The number of ether oxygens (including phenoxy) is 1. The minimum atomic E-state index is -1.25. The standard InChI is InChI=1S/C24H18N4O6S/c29-21(25-9-18-20(22(30)31)27-12-34-18)19-10-26-23(35-19)28-24(32)33-11-17-15-7-3-1-5-13(15)14-6-2-4-8-16(14)17/h1-8,10,12,17H,9,11H2,(H,25,29)(H,30,31)(H,26,28,32). The van der Waals surface area contributed by atoms with Crippen molar-refractivity contribution in [2.75, 3.05) is 11.9 Å². The predicted molar refractivity (Wildman–Crippen MR) is 125 cm³/mol. The van der Waals surface area contributed by atoms with Crippen molar-refractivity contribution in [3.63, 3.8) is 0 Å². The first kappa shape index (κ1) is 22.3. The van der Waals surface area contributed by atoms with Crippen LogP contribution in [0.15, 0.2) is 65.5 Å². The van der Waals surface area contributed by atoms with Crippen LogP contribution in [-0.4, -0.2) is 39.7 Å². The molecule has 35 heavy (non-hydrogen) atoms. The highest BCUT2D eigenvalue weighted by Gasteiger charge is 2.29. The van der Waals surface area contributed by atoms with Gasteiger partial charge in [-0.05, 0) is 22.3 Å². The van der Waals surface area contributed by atoms with Gasteiger partial charge in [0.25, 0.3) is 5.91 Å². The van der Waals surface area contributed by atoms with Gasteiger partial charge in [-0.1, -0.05) is 59.9 Å². The maximum atomic E-state index is 12.4. The van der Waals surface area contributed by atoms with Gasteiger partial charge >= 0.3 is 12.1 Å². The van der Waals surface area contributed by atoms with Gasteiger partial charge in [0, 0.05) is 5.92 Å². The molecular weight excluding hydrogens is 472 g/mol. The lowest BCUT2D eigenvalue weighted by Crippen LogP contribution is -2.22. The number of aromatic nitrogens is 2. The van der Waals surface area contributed by atoms with Crippen LogP contribution < -0.4 is 10.6 Å². The monoisotopic (exact) mass is 490 g/mol. The first-order chi connectivity index (χ1) is 17.0. The molecule has 0 radical (unpaired) electrons. The van der Waals surface area contributed by atoms with Gasteiger partial charge in [0.15, 0.2) is 23.0 Å². The number of nitrogens with zero attached hydrogens (tertiary/aromatic N) is 2. The topological polar surface area (TPSA) is 144 Å². The highest BCUT2D eigenvalue weighted by atomic mass is 32.1. The largest absolute Gasteiger partial charge is 0.476 e. The highest BCUT2D eigenvalue weighted by Crippen LogP contribution is 2.44. The van der Waals surface area contributed by atoms with Crippen molar-refractivity contribution in [3.8, 4) is 11.1 Å². The van der Waals surface area contributed by atoms with E-state index in [0.29, 0.717) is 0 Å². The van der Waals surface area contributed by atoms with Crippen molar-refractivity contribution >= 4 is 34.4 Å². The Morgan fingerprint density at radius 1 is 1.03 bits per heavy atom. The lowest BCUT2D eigenvalue weighted by molar-refractivity contribution is 0.0687. The average molecular weight is 490 g/mol. The number of nitrogens with one attached hydrogen (secondary N) is 2. The van der Waals surface area contributed by atoms with Gasteiger partial charge in [0.05, 0.1) is 12.7 Å². The number of carbonyl (C=O) groups excluding carboxylic acids is 2. The number of amides is 2. The van der Waals surface area contributed by atoms with Gasteiger partial charge in [0.1, 0.15) is 11.5 Å². The molecule has 0 spiro atoms. The number of benzene rings is 2. The van der Waals surface area contributed by atoms with Crippen molar-refractivity contribution in [3.05, 3.63) is 88.6 Å². The molecule has 10 nitrogen and oxygen atoms in total. The third-order valence-corrected chi connectivity index (χ3v) is 6.45. The van der Waals surface area contributed by atoms with Gasteiger partial charge in [0.2, 0.25) is 0 Å². The number of hydrogen-bond acceptors (Lipinski definition) is 8. The smallest absolute Gasteiger partial charge is 0.413 e. The van der Waals surface area contributed by atoms with Crippen LogP contribution in [0.1, 0.15) is 43.0 Å². The Bertz CT molecular complexity index is 1380. The fourth-order valence-corrected chi connectivity index (χ4v) is 4.70. The van der Waals surface area contributed by atoms with Crippen LogP contribution in [0.2, 0.25) is 0 Å². The Balaban J connectivity index is 1.17. The Hall–Kier alpha value is -4.51. The molecule has 0 fully saturated rings. The number of carbonyl (C=O) groups is 3. The summed E-state index contributed by atoms with van der Waals surface area (Å²) in [6, 6.07) is 16.1. The lowest BCUT2D eigenvalue weighted by atomic mass is 9.98. The lowest BCUT2D eigenvalue weighted by Gasteiger charge is -2.14. The average Bonchev–Trinajstić information content (AvgIpc) is 3.59. The molecule has 2 aromatic carbocycles. The molecule has 3 N–H and O–H groups in total. The van der Waals surface area contributed by atoms with Crippen molar-refractivity contribution in [1.29, 1.82) is 0 Å². The Labute approximate surface area is 202 Å². The van der Waals surface area contributed by atoms with Gasteiger partial charge in [-0.3, -0.25) is 10.1 Å². The summed E-state index contributed by atoms with van der Waals surface area (Å²) >= 11 is 0.955. The summed E-state index contributed by atoms with van der Waals surface area (Å²) in [4.78, 5) is 43.7. The molecule has 2 amide bonds. The van der Waals surface area contributed by atoms with Gasteiger partial charge < -0.3 is 19.6 Å². The zero-order valence-electron chi connectivity index (χ0n) is 18.1. The summed E-state index contributed by atoms with van der Waals surface area (Å²) in [5.41, 5.74) is 4.20. The summed E-state index contributed by atoms with van der Waals surface area (Å²) in [5.74, 6) is -1.81. The number of carboxylic acid groups (broad SMARTS) is 1. The van der Waals surface area contributed by atoms with Gasteiger partial charge in [-0.15, -0.1) is 0 Å². The molecule has 2 heterocycles. The minimum Gasteiger partial charge on any atom is -0.476 e. The predicted octanol–water partition coefficient (Wildman–Crippen LogP) is 4.12. The summed E-state index contributed by atoms with van der Waals surface area (Å²) in [5, 5.41) is 14.3. The Kier molecular flexibility index (Phi) is 5.98. The number of carboxylic acids is 1. The van der Waals surface area contributed by atoms with Crippen LogP contribution >= 0.6 is 11.3 Å². The molecule has 5 rings (SSSR count).